The minimum atomic E-state index is -1.62. The van der Waals surface area contributed by atoms with Crippen molar-refractivity contribution in [2.45, 2.75) is 11.9 Å². The predicted octanol–water partition coefficient (Wildman–Crippen LogP) is 3.48. The van der Waals surface area contributed by atoms with E-state index in [0.717, 1.165) is 11.1 Å². The van der Waals surface area contributed by atoms with E-state index in [1.807, 2.05) is 60.7 Å². The SMILES string of the molecule is O=C(O)[C@H](O)c1ccc2c(c1)OC(c1ccccc1)(c1ccccc1)O2. The van der Waals surface area contributed by atoms with Crippen molar-refractivity contribution >= 4 is 5.97 Å². The van der Waals surface area contributed by atoms with E-state index in [4.69, 9.17) is 14.6 Å². The van der Waals surface area contributed by atoms with Crippen LogP contribution in [-0.2, 0) is 10.6 Å². The fraction of sp³-hybridized carbons (Fsp3) is 0.0952. The summed E-state index contributed by atoms with van der Waals surface area (Å²) in [5, 5.41) is 18.8. The van der Waals surface area contributed by atoms with Gasteiger partial charge in [0.25, 0.3) is 0 Å². The van der Waals surface area contributed by atoms with E-state index < -0.39 is 17.9 Å². The number of hydrogen-bond acceptors (Lipinski definition) is 4. The van der Waals surface area contributed by atoms with Gasteiger partial charge in [-0.1, -0.05) is 66.7 Å². The van der Waals surface area contributed by atoms with Crippen LogP contribution < -0.4 is 9.47 Å². The standard InChI is InChI=1S/C21H16O5/c22-19(20(23)24)14-11-12-17-18(13-14)26-21(25-17,15-7-3-1-4-8-15)16-9-5-2-6-10-16/h1-13,19,22H,(H,23,24)/t19-/m1/s1. The summed E-state index contributed by atoms with van der Waals surface area (Å²) >= 11 is 0. The van der Waals surface area contributed by atoms with Crippen LogP contribution >= 0.6 is 0 Å². The molecule has 0 radical (unpaired) electrons. The number of benzene rings is 3. The molecule has 5 heteroatoms. The largest absolute Gasteiger partial charge is 0.479 e. The third-order valence-electron chi connectivity index (χ3n) is 4.33. The summed E-state index contributed by atoms with van der Waals surface area (Å²) in [5.74, 6) is -1.62. The molecule has 0 bridgehead atoms. The van der Waals surface area contributed by atoms with Crippen molar-refractivity contribution in [3.05, 3.63) is 95.6 Å². The molecule has 0 unspecified atom stereocenters. The van der Waals surface area contributed by atoms with E-state index in [-0.39, 0.29) is 5.56 Å². The van der Waals surface area contributed by atoms with Crippen LogP contribution in [0.2, 0.25) is 0 Å². The first kappa shape index (κ1) is 16.2. The molecule has 130 valence electrons. The molecule has 4 rings (SSSR count). The summed E-state index contributed by atoms with van der Waals surface area (Å²) in [4.78, 5) is 11.0. The third-order valence-corrected chi connectivity index (χ3v) is 4.33. The highest BCUT2D eigenvalue weighted by Gasteiger charge is 2.45. The number of aliphatic hydroxyl groups excluding tert-OH is 1. The second kappa shape index (κ2) is 6.20. The van der Waals surface area contributed by atoms with E-state index in [1.165, 1.54) is 12.1 Å². The van der Waals surface area contributed by atoms with Crippen molar-refractivity contribution in [2.24, 2.45) is 0 Å². The number of carboxylic acid groups (broad SMARTS) is 1. The Balaban J connectivity index is 1.81. The highest BCUT2D eigenvalue weighted by molar-refractivity contribution is 5.74. The molecule has 26 heavy (non-hydrogen) atoms. The van der Waals surface area contributed by atoms with Crippen molar-refractivity contribution in [1.29, 1.82) is 0 Å². The van der Waals surface area contributed by atoms with Crippen LogP contribution in [0.15, 0.2) is 78.9 Å². The summed E-state index contributed by atoms with van der Waals surface area (Å²) in [5.41, 5.74) is 1.85. The first-order chi connectivity index (χ1) is 12.6. The molecule has 0 saturated heterocycles. The average Bonchev–Trinajstić information content (AvgIpc) is 3.08. The van der Waals surface area contributed by atoms with Gasteiger partial charge in [-0.25, -0.2) is 4.79 Å². The summed E-state index contributed by atoms with van der Waals surface area (Å²) in [7, 11) is 0. The van der Waals surface area contributed by atoms with E-state index in [2.05, 4.69) is 0 Å². The molecule has 3 aromatic carbocycles. The van der Waals surface area contributed by atoms with Gasteiger partial charge in [0.15, 0.2) is 17.6 Å². The number of fused-ring (bicyclic) bond motifs is 1. The van der Waals surface area contributed by atoms with Gasteiger partial charge >= 0.3 is 11.8 Å². The topological polar surface area (TPSA) is 76.0 Å². The molecule has 0 amide bonds. The third kappa shape index (κ3) is 2.59. The fourth-order valence-corrected chi connectivity index (χ4v) is 3.05. The minimum absolute atomic E-state index is 0.233. The maximum absolute atomic E-state index is 11.0. The van der Waals surface area contributed by atoms with Crippen LogP contribution in [0.1, 0.15) is 22.8 Å². The lowest BCUT2D eigenvalue weighted by atomic mass is 9.97. The molecule has 1 atom stereocenters. The molecular formula is C21H16O5. The van der Waals surface area contributed by atoms with E-state index in [0.29, 0.717) is 11.5 Å². The molecule has 1 aliphatic rings. The van der Waals surface area contributed by atoms with Crippen LogP contribution in [0.25, 0.3) is 0 Å². The molecule has 0 spiro atoms. The van der Waals surface area contributed by atoms with E-state index >= 15 is 0 Å². The lowest BCUT2D eigenvalue weighted by Gasteiger charge is -2.28. The van der Waals surface area contributed by atoms with Gasteiger partial charge in [-0.05, 0) is 17.7 Å². The zero-order chi connectivity index (χ0) is 18.1. The van der Waals surface area contributed by atoms with Gasteiger partial charge in [0.1, 0.15) is 0 Å². The lowest BCUT2D eigenvalue weighted by Crippen LogP contribution is -2.36. The Bertz CT molecular complexity index is 898. The Morgan fingerprint density at radius 2 is 1.35 bits per heavy atom. The van der Waals surface area contributed by atoms with Gasteiger partial charge in [-0.3, -0.25) is 0 Å². The summed E-state index contributed by atoms with van der Waals surface area (Å²) in [6.07, 6.45) is -1.62. The molecule has 0 aromatic heterocycles. The van der Waals surface area contributed by atoms with Gasteiger partial charge in [-0.15, -0.1) is 0 Å². The van der Waals surface area contributed by atoms with Crippen molar-refractivity contribution in [1.82, 2.24) is 0 Å². The van der Waals surface area contributed by atoms with E-state index in [9.17, 15) is 9.90 Å². The molecule has 3 aromatic rings. The van der Waals surface area contributed by atoms with Crippen LogP contribution in [-0.4, -0.2) is 16.2 Å². The maximum atomic E-state index is 11.0. The Kier molecular flexibility index (Phi) is 3.86. The molecule has 2 N–H and O–H groups in total. The second-order valence-corrected chi connectivity index (χ2v) is 6.00. The maximum Gasteiger partial charge on any atom is 0.337 e. The Morgan fingerprint density at radius 1 is 0.808 bits per heavy atom. The first-order valence-electron chi connectivity index (χ1n) is 8.14. The summed E-state index contributed by atoms with van der Waals surface area (Å²) < 4.78 is 12.4. The highest BCUT2D eigenvalue weighted by atomic mass is 16.7. The van der Waals surface area contributed by atoms with Gasteiger partial charge in [0.05, 0.1) is 0 Å². The van der Waals surface area contributed by atoms with Gasteiger partial charge in [-0.2, -0.15) is 0 Å². The number of carbonyl (C=O) groups is 1. The predicted molar refractivity (Wildman–Crippen MR) is 94.0 cm³/mol. The monoisotopic (exact) mass is 348 g/mol. The van der Waals surface area contributed by atoms with Crippen LogP contribution in [0.5, 0.6) is 11.5 Å². The van der Waals surface area contributed by atoms with Gasteiger partial charge < -0.3 is 19.7 Å². The van der Waals surface area contributed by atoms with Crippen LogP contribution in [0.3, 0.4) is 0 Å². The summed E-state index contributed by atoms with van der Waals surface area (Å²) in [6, 6.07) is 23.7. The minimum Gasteiger partial charge on any atom is -0.479 e. The zero-order valence-corrected chi connectivity index (χ0v) is 13.7. The molecule has 5 nitrogen and oxygen atoms in total. The highest BCUT2D eigenvalue weighted by Crippen LogP contribution is 2.48. The molecular weight excluding hydrogens is 332 g/mol. The lowest BCUT2D eigenvalue weighted by molar-refractivity contribution is -0.146. The second-order valence-electron chi connectivity index (χ2n) is 6.00. The van der Waals surface area contributed by atoms with Crippen molar-refractivity contribution < 1.29 is 24.5 Å². The normalized spacial score (nSPS) is 15.4. The van der Waals surface area contributed by atoms with Gasteiger partial charge in [0, 0.05) is 11.1 Å². The smallest absolute Gasteiger partial charge is 0.337 e. The number of aliphatic carboxylic acids is 1. The van der Waals surface area contributed by atoms with E-state index in [1.54, 1.807) is 6.07 Å². The molecule has 0 saturated carbocycles. The average molecular weight is 348 g/mol. The summed E-state index contributed by atoms with van der Waals surface area (Å²) in [6.45, 7) is 0. The zero-order valence-electron chi connectivity index (χ0n) is 13.7. The fourth-order valence-electron chi connectivity index (χ4n) is 3.05. The number of aliphatic hydroxyl groups is 1. The quantitative estimate of drug-likeness (QED) is 0.755. The van der Waals surface area contributed by atoms with Crippen LogP contribution in [0, 0.1) is 0 Å². The number of hydrogen-bond donors (Lipinski definition) is 2. The molecule has 1 aliphatic heterocycles. The number of rotatable bonds is 4. The molecule has 0 aliphatic carbocycles. The Hall–Kier alpha value is -3.31. The number of carboxylic acids is 1. The first-order valence-corrected chi connectivity index (χ1v) is 8.14. The Morgan fingerprint density at radius 3 is 1.88 bits per heavy atom. The van der Waals surface area contributed by atoms with Crippen molar-refractivity contribution in [2.75, 3.05) is 0 Å². The molecule has 0 fully saturated rings. The van der Waals surface area contributed by atoms with Crippen molar-refractivity contribution in [3.63, 3.8) is 0 Å². The van der Waals surface area contributed by atoms with Gasteiger partial charge in [0.2, 0.25) is 0 Å². The van der Waals surface area contributed by atoms with Crippen LogP contribution in [0.4, 0.5) is 0 Å². The Labute approximate surface area is 150 Å². The van der Waals surface area contributed by atoms with Crippen molar-refractivity contribution in [3.8, 4) is 11.5 Å². The molecule has 1 heterocycles. The number of ether oxygens (including phenoxy) is 2.